The maximum absolute atomic E-state index is 3.73. The predicted octanol–water partition coefficient (Wildman–Crippen LogP) is 5.07. The molecule has 1 aromatic rings. The third kappa shape index (κ3) is 3.85. The zero-order valence-corrected chi connectivity index (χ0v) is 13.9. The van der Waals surface area contributed by atoms with Crippen molar-refractivity contribution in [2.75, 3.05) is 6.54 Å². The molecule has 0 aliphatic heterocycles. The minimum absolute atomic E-state index is 0.245. The molecule has 1 nitrogen and oxygen atoms in total. The highest BCUT2D eigenvalue weighted by Gasteiger charge is 2.23. The summed E-state index contributed by atoms with van der Waals surface area (Å²) in [6.07, 6.45) is 4.24. The standard InChI is InChI=1S/C19H31N/c1-14-7-6-8-17(14)13-20-15(2)16-9-11-18(12-10-16)19(3,4)5/h9-12,14-15,17,20H,6-8,13H2,1-5H3. The van der Waals surface area contributed by atoms with Crippen molar-refractivity contribution in [3.05, 3.63) is 35.4 Å². The number of nitrogens with one attached hydrogen (secondary N) is 1. The normalized spacial score (nSPS) is 24.9. The second kappa shape index (κ2) is 6.30. The molecular weight excluding hydrogens is 242 g/mol. The molecule has 3 unspecified atom stereocenters. The zero-order chi connectivity index (χ0) is 14.8. The highest BCUT2D eigenvalue weighted by atomic mass is 14.9. The lowest BCUT2D eigenvalue weighted by molar-refractivity contribution is 0.375. The van der Waals surface area contributed by atoms with E-state index in [4.69, 9.17) is 0 Å². The molecule has 20 heavy (non-hydrogen) atoms. The minimum Gasteiger partial charge on any atom is -0.310 e. The predicted molar refractivity (Wildman–Crippen MR) is 88.1 cm³/mol. The van der Waals surface area contributed by atoms with E-state index in [2.05, 4.69) is 64.2 Å². The molecule has 3 atom stereocenters. The average molecular weight is 273 g/mol. The van der Waals surface area contributed by atoms with Gasteiger partial charge in [0.15, 0.2) is 0 Å². The fraction of sp³-hybridized carbons (Fsp3) is 0.684. The molecule has 1 fully saturated rings. The van der Waals surface area contributed by atoms with Gasteiger partial charge in [0.2, 0.25) is 0 Å². The third-order valence-electron chi connectivity index (χ3n) is 5.00. The van der Waals surface area contributed by atoms with E-state index in [9.17, 15) is 0 Å². The van der Waals surface area contributed by atoms with Gasteiger partial charge in [0.25, 0.3) is 0 Å². The first-order valence-electron chi connectivity index (χ1n) is 8.22. The van der Waals surface area contributed by atoms with Crippen LogP contribution in [0, 0.1) is 11.8 Å². The fourth-order valence-corrected chi connectivity index (χ4v) is 3.24. The van der Waals surface area contributed by atoms with E-state index in [1.54, 1.807) is 0 Å². The van der Waals surface area contributed by atoms with Gasteiger partial charge in [0.05, 0.1) is 0 Å². The van der Waals surface area contributed by atoms with E-state index in [0.29, 0.717) is 6.04 Å². The molecule has 2 rings (SSSR count). The van der Waals surface area contributed by atoms with Crippen molar-refractivity contribution >= 4 is 0 Å². The van der Waals surface area contributed by atoms with E-state index >= 15 is 0 Å². The van der Waals surface area contributed by atoms with Crippen LogP contribution in [0.1, 0.15) is 71.0 Å². The molecular formula is C19H31N. The van der Waals surface area contributed by atoms with Crippen molar-refractivity contribution in [1.82, 2.24) is 5.32 Å². The average Bonchev–Trinajstić information content (AvgIpc) is 2.81. The minimum atomic E-state index is 0.245. The molecule has 0 spiro atoms. The van der Waals surface area contributed by atoms with Crippen LogP contribution in [0.25, 0.3) is 0 Å². The molecule has 0 heterocycles. The van der Waals surface area contributed by atoms with Crippen LogP contribution in [0.3, 0.4) is 0 Å². The molecule has 0 saturated heterocycles. The van der Waals surface area contributed by atoms with Gasteiger partial charge in [-0.2, -0.15) is 0 Å². The summed E-state index contributed by atoms with van der Waals surface area (Å²) in [6.45, 7) is 12.7. The summed E-state index contributed by atoms with van der Waals surface area (Å²) in [4.78, 5) is 0. The van der Waals surface area contributed by atoms with Crippen molar-refractivity contribution < 1.29 is 0 Å². The van der Waals surface area contributed by atoms with Crippen LogP contribution in [-0.2, 0) is 5.41 Å². The van der Waals surface area contributed by atoms with Crippen LogP contribution < -0.4 is 5.32 Å². The summed E-state index contributed by atoms with van der Waals surface area (Å²) >= 11 is 0. The summed E-state index contributed by atoms with van der Waals surface area (Å²) in [5, 5.41) is 3.73. The lowest BCUT2D eigenvalue weighted by Crippen LogP contribution is -2.27. The van der Waals surface area contributed by atoms with Crippen LogP contribution in [0.4, 0.5) is 0 Å². The molecule has 1 aliphatic rings. The molecule has 1 aromatic carbocycles. The number of hydrogen-bond acceptors (Lipinski definition) is 1. The Bertz CT molecular complexity index is 412. The lowest BCUT2D eigenvalue weighted by Gasteiger charge is -2.22. The van der Waals surface area contributed by atoms with Crippen LogP contribution in [-0.4, -0.2) is 6.54 Å². The third-order valence-corrected chi connectivity index (χ3v) is 5.00. The Kier molecular flexibility index (Phi) is 4.90. The molecule has 1 N–H and O–H groups in total. The number of benzene rings is 1. The van der Waals surface area contributed by atoms with Gasteiger partial charge in [-0.25, -0.2) is 0 Å². The van der Waals surface area contributed by atoms with Crippen LogP contribution in [0.5, 0.6) is 0 Å². The SMILES string of the molecule is CC(NCC1CCCC1C)c1ccc(C(C)(C)C)cc1. The van der Waals surface area contributed by atoms with E-state index in [-0.39, 0.29) is 5.41 Å². The lowest BCUT2D eigenvalue weighted by atomic mass is 9.86. The van der Waals surface area contributed by atoms with E-state index in [0.717, 1.165) is 11.8 Å². The molecule has 0 radical (unpaired) electrons. The summed E-state index contributed by atoms with van der Waals surface area (Å²) in [5.41, 5.74) is 3.07. The first-order valence-corrected chi connectivity index (χ1v) is 8.22. The Morgan fingerprint density at radius 3 is 2.30 bits per heavy atom. The molecule has 112 valence electrons. The topological polar surface area (TPSA) is 12.0 Å². The summed E-state index contributed by atoms with van der Waals surface area (Å²) in [5.74, 6) is 1.78. The molecule has 1 saturated carbocycles. The maximum Gasteiger partial charge on any atom is 0.0291 e. The van der Waals surface area contributed by atoms with Crippen molar-refractivity contribution in [2.24, 2.45) is 11.8 Å². The summed E-state index contributed by atoms with van der Waals surface area (Å²) in [7, 11) is 0. The van der Waals surface area contributed by atoms with Gasteiger partial charge in [-0.1, -0.05) is 64.8 Å². The Morgan fingerprint density at radius 2 is 1.80 bits per heavy atom. The van der Waals surface area contributed by atoms with Gasteiger partial charge in [-0.05, 0) is 48.3 Å². The van der Waals surface area contributed by atoms with Gasteiger partial charge >= 0.3 is 0 Å². The van der Waals surface area contributed by atoms with Gasteiger partial charge in [0, 0.05) is 6.04 Å². The summed E-state index contributed by atoms with van der Waals surface area (Å²) < 4.78 is 0. The quantitative estimate of drug-likeness (QED) is 0.807. The monoisotopic (exact) mass is 273 g/mol. The van der Waals surface area contributed by atoms with Crippen molar-refractivity contribution in [2.45, 2.75) is 65.3 Å². The summed E-state index contributed by atoms with van der Waals surface area (Å²) in [6, 6.07) is 9.60. The molecule has 0 bridgehead atoms. The molecule has 1 heteroatoms. The van der Waals surface area contributed by atoms with Crippen LogP contribution >= 0.6 is 0 Å². The van der Waals surface area contributed by atoms with E-state index in [1.165, 1.54) is 36.9 Å². The van der Waals surface area contributed by atoms with Crippen molar-refractivity contribution in [3.8, 4) is 0 Å². The highest BCUT2D eigenvalue weighted by Crippen LogP contribution is 2.31. The molecule has 0 amide bonds. The first-order chi connectivity index (χ1) is 9.38. The van der Waals surface area contributed by atoms with Gasteiger partial charge < -0.3 is 5.32 Å². The van der Waals surface area contributed by atoms with E-state index < -0.39 is 0 Å². The second-order valence-corrected chi connectivity index (χ2v) is 7.67. The number of hydrogen-bond donors (Lipinski definition) is 1. The second-order valence-electron chi connectivity index (χ2n) is 7.67. The van der Waals surface area contributed by atoms with Crippen LogP contribution in [0.15, 0.2) is 24.3 Å². The first kappa shape index (κ1) is 15.6. The Labute approximate surface area is 125 Å². The number of rotatable bonds is 4. The zero-order valence-electron chi connectivity index (χ0n) is 13.9. The molecule has 0 aromatic heterocycles. The Hall–Kier alpha value is -0.820. The van der Waals surface area contributed by atoms with Crippen LogP contribution in [0.2, 0.25) is 0 Å². The fourth-order valence-electron chi connectivity index (χ4n) is 3.24. The van der Waals surface area contributed by atoms with Crippen molar-refractivity contribution in [3.63, 3.8) is 0 Å². The maximum atomic E-state index is 3.73. The van der Waals surface area contributed by atoms with Gasteiger partial charge in [-0.3, -0.25) is 0 Å². The van der Waals surface area contributed by atoms with Crippen molar-refractivity contribution in [1.29, 1.82) is 0 Å². The largest absolute Gasteiger partial charge is 0.310 e. The highest BCUT2D eigenvalue weighted by molar-refractivity contribution is 5.29. The Morgan fingerprint density at radius 1 is 1.15 bits per heavy atom. The smallest absolute Gasteiger partial charge is 0.0291 e. The van der Waals surface area contributed by atoms with Gasteiger partial charge in [0.1, 0.15) is 0 Å². The molecule has 1 aliphatic carbocycles. The Balaban J connectivity index is 1.90. The van der Waals surface area contributed by atoms with Gasteiger partial charge in [-0.15, -0.1) is 0 Å². The van der Waals surface area contributed by atoms with E-state index in [1.807, 2.05) is 0 Å².